The molecule has 0 heterocycles. The summed E-state index contributed by atoms with van der Waals surface area (Å²) in [6, 6.07) is 9.69. The third kappa shape index (κ3) is 33.7. The van der Waals surface area contributed by atoms with E-state index in [9.17, 15) is 28.8 Å². The van der Waals surface area contributed by atoms with Gasteiger partial charge in [0.1, 0.15) is 50.4 Å². The van der Waals surface area contributed by atoms with E-state index >= 15 is 0 Å². The molecule has 0 amide bonds. The molecule has 0 radical (unpaired) electrons. The van der Waals surface area contributed by atoms with Crippen LogP contribution < -0.4 is 0 Å². The van der Waals surface area contributed by atoms with Crippen molar-refractivity contribution in [1.29, 1.82) is 0 Å². The van der Waals surface area contributed by atoms with Crippen LogP contribution in [0.1, 0.15) is 210 Å². The number of carbonyl (C=O) groups excluding carboxylic acids is 6. The molecule has 1 aromatic rings. The Bertz CT molecular complexity index is 1980. The van der Waals surface area contributed by atoms with Gasteiger partial charge in [-0.05, 0) is 126 Å². The highest BCUT2D eigenvalue weighted by Crippen LogP contribution is 2.49. The van der Waals surface area contributed by atoms with Gasteiger partial charge in [-0.15, -0.1) is 34.8 Å². The van der Waals surface area contributed by atoms with Crippen molar-refractivity contribution in [3.05, 3.63) is 48.6 Å². The van der Waals surface area contributed by atoms with Crippen LogP contribution in [0.3, 0.4) is 0 Å². The zero-order valence-electron chi connectivity index (χ0n) is 58.0. The third-order valence-corrected chi connectivity index (χ3v) is 19.7. The van der Waals surface area contributed by atoms with Crippen LogP contribution in [0.25, 0.3) is 0 Å². The molecule has 12 atom stereocenters. The molecule has 12 unspecified atom stereocenters. The Morgan fingerprint density at radius 3 is 0.929 bits per heavy atom. The molecule has 0 aliphatic rings. The maximum atomic E-state index is 12.7. The minimum atomic E-state index is -0.694. The normalized spacial score (nSPS) is 17.5. The number of hydrogen-bond acceptors (Lipinski definition) is 12. The summed E-state index contributed by atoms with van der Waals surface area (Å²) >= 11 is 17.5. The van der Waals surface area contributed by atoms with Crippen LogP contribution in [-0.4, -0.2) is 86.2 Å². The fraction of sp³-hybridized carbons (Fsp3) is 0.800. The van der Waals surface area contributed by atoms with Gasteiger partial charge in [-0.3, -0.25) is 24.0 Å². The number of halogens is 3. The molecular weight excluding hydrogens is 1140 g/mol. The lowest BCUT2D eigenvalue weighted by molar-refractivity contribution is -0.158. The van der Waals surface area contributed by atoms with Gasteiger partial charge in [0.2, 0.25) is 0 Å². The van der Waals surface area contributed by atoms with E-state index in [-0.39, 0.29) is 91.5 Å². The van der Waals surface area contributed by atoms with Gasteiger partial charge in [-0.2, -0.15) is 0 Å². The van der Waals surface area contributed by atoms with Gasteiger partial charge in [0.15, 0.2) is 0 Å². The van der Waals surface area contributed by atoms with Crippen molar-refractivity contribution in [3.63, 3.8) is 0 Å². The monoisotopic (exact) mass is 1260 g/mol. The Kier molecular flexibility index (Phi) is 44.6. The molecule has 0 aliphatic heterocycles. The molecule has 1 rings (SSSR count). The topological polar surface area (TPSA) is 158 Å². The highest BCUT2D eigenvalue weighted by Gasteiger charge is 2.43. The average molecular weight is 1260 g/mol. The first kappa shape index (κ1) is 85.9. The number of hydrogen-bond donors (Lipinski definition) is 0. The lowest BCUT2D eigenvalue weighted by Gasteiger charge is -2.46. The molecule has 0 fully saturated rings. The second kappa shape index (κ2) is 44.2. The minimum absolute atomic E-state index is 0.00940. The molecular formula is C70H123Cl3O12. The molecule has 0 N–H and O–H groups in total. The molecule has 1 aromatic carbocycles. The third-order valence-electron chi connectivity index (χ3n) is 18.9. The van der Waals surface area contributed by atoms with Crippen LogP contribution in [0.2, 0.25) is 0 Å². The fourth-order valence-electron chi connectivity index (χ4n) is 10.6. The van der Waals surface area contributed by atoms with E-state index in [1.54, 1.807) is 13.8 Å². The first-order valence-corrected chi connectivity index (χ1v) is 33.0. The van der Waals surface area contributed by atoms with Crippen LogP contribution >= 0.6 is 34.8 Å². The van der Waals surface area contributed by atoms with E-state index < -0.39 is 28.7 Å². The zero-order valence-corrected chi connectivity index (χ0v) is 60.3. The lowest BCUT2D eigenvalue weighted by Crippen LogP contribution is -2.40. The van der Waals surface area contributed by atoms with E-state index in [1.807, 2.05) is 44.2 Å². The van der Waals surface area contributed by atoms with Gasteiger partial charge in [-0.25, -0.2) is 4.79 Å². The molecule has 12 nitrogen and oxygen atoms in total. The van der Waals surface area contributed by atoms with Crippen LogP contribution in [-0.2, 0) is 57.2 Å². The van der Waals surface area contributed by atoms with Crippen LogP contribution in [0, 0.1) is 106 Å². The molecule has 15 heteroatoms. The number of benzene rings is 1. The largest absolute Gasteiger partial charge is 0.462 e. The summed E-state index contributed by atoms with van der Waals surface area (Å²) in [5, 5.41) is -1.63. The molecule has 0 aromatic heterocycles. The fourth-order valence-corrected chi connectivity index (χ4v) is 11.1. The number of esters is 6. The van der Waals surface area contributed by atoms with Crippen molar-refractivity contribution in [2.45, 2.75) is 215 Å². The quantitative estimate of drug-likeness (QED) is 0.0212. The average Bonchev–Trinajstić information content (AvgIpc) is 3.46. The smallest absolute Gasteiger partial charge is 0.330 e. The van der Waals surface area contributed by atoms with E-state index in [2.05, 4.69) is 161 Å². The highest BCUT2D eigenvalue weighted by molar-refractivity contribution is 6.29. The molecule has 0 bridgehead atoms. The molecule has 0 spiro atoms. The van der Waals surface area contributed by atoms with Crippen molar-refractivity contribution >= 4 is 70.6 Å². The van der Waals surface area contributed by atoms with Gasteiger partial charge >= 0.3 is 35.8 Å². The Hall–Kier alpha value is -3.35. The van der Waals surface area contributed by atoms with Crippen molar-refractivity contribution in [2.24, 2.45) is 106 Å². The Morgan fingerprint density at radius 2 is 0.671 bits per heavy atom. The second-order valence-corrected chi connectivity index (χ2v) is 28.7. The van der Waals surface area contributed by atoms with E-state index in [1.165, 1.54) is 6.92 Å². The minimum Gasteiger partial charge on any atom is -0.462 e. The van der Waals surface area contributed by atoms with E-state index in [0.717, 1.165) is 54.1 Å². The van der Waals surface area contributed by atoms with E-state index in [4.69, 9.17) is 53.8 Å². The first-order chi connectivity index (χ1) is 39.1. The van der Waals surface area contributed by atoms with Gasteiger partial charge in [0, 0.05) is 6.08 Å². The number of carbonyl (C=O) groups is 6. The SMILES string of the molecule is C=CC(=O)OCCOC(=O)C(C)Cl.CC(C)C(C)C(C)C(C)C(C)C.CC(CC(Cl)c1ccccc1)C(=O)OCCOC(=O)C(C)CC(C)(C(C)C(C)C)C(C)C(C)C.CC(Cl)C(=O)OCCOC(=O)C(C)CC(C)(C(C)C(C)C)C(C)C(C)C. The maximum Gasteiger partial charge on any atom is 0.330 e. The summed E-state index contributed by atoms with van der Waals surface area (Å²) in [7, 11) is 0. The summed E-state index contributed by atoms with van der Waals surface area (Å²) < 4.78 is 30.2. The summed E-state index contributed by atoms with van der Waals surface area (Å²) in [5.74, 6) is 5.14. The lowest BCUT2D eigenvalue weighted by atomic mass is 9.59. The Labute approximate surface area is 534 Å². The molecule has 85 heavy (non-hydrogen) atoms. The summed E-state index contributed by atoms with van der Waals surface area (Å²) in [6.45, 7) is 60.4. The second-order valence-electron chi connectivity index (χ2n) is 26.9. The van der Waals surface area contributed by atoms with Gasteiger partial charge in [0.05, 0.1) is 23.1 Å². The van der Waals surface area contributed by atoms with Crippen molar-refractivity contribution in [2.75, 3.05) is 39.6 Å². The van der Waals surface area contributed by atoms with Crippen molar-refractivity contribution < 1.29 is 57.2 Å². The van der Waals surface area contributed by atoms with E-state index in [0.29, 0.717) is 53.8 Å². The number of ether oxygens (including phenoxy) is 6. The van der Waals surface area contributed by atoms with Crippen LogP contribution in [0.4, 0.5) is 0 Å². The van der Waals surface area contributed by atoms with Gasteiger partial charge < -0.3 is 28.4 Å². The number of alkyl halides is 3. The highest BCUT2D eigenvalue weighted by atomic mass is 35.5. The van der Waals surface area contributed by atoms with Crippen molar-refractivity contribution in [3.8, 4) is 0 Å². The van der Waals surface area contributed by atoms with Gasteiger partial charge in [0.25, 0.3) is 0 Å². The van der Waals surface area contributed by atoms with Crippen LogP contribution in [0.5, 0.6) is 0 Å². The summed E-state index contributed by atoms with van der Waals surface area (Å²) in [6.07, 6.45) is 3.08. The predicted molar refractivity (Wildman–Crippen MR) is 352 cm³/mol. The van der Waals surface area contributed by atoms with Crippen molar-refractivity contribution in [1.82, 2.24) is 0 Å². The number of rotatable bonds is 34. The standard InChI is InChI=1S/C29H47ClO4.C21H39ClO4.C12H26.C8H11ClO4/c1-19(2)23(7)29(9,24(8)20(3)4)18-22(6)28(32)34-16-15-33-27(31)21(5)17-26(30)25-13-11-10-12-14-25;1-13(2)16(6)21(9,17(7)14(3)4)12-15(5)19(23)25-10-11-26-20(24)18(8)22;1-8(2)10(5)12(7)11(6)9(3)4;1-3-7(10)12-4-5-13-8(11)6(2)9/h10-14,19-24,26H,15-18H2,1-9H3;13-18H,10-12H2,1-9H3;8-12H,1-7H3;3,6H,1,4-5H2,2H3. The Balaban J connectivity index is -0.00000115. The summed E-state index contributed by atoms with van der Waals surface area (Å²) in [5.41, 5.74) is 1.05. The molecule has 0 aliphatic carbocycles. The van der Waals surface area contributed by atoms with Crippen LogP contribution in [0.15, 0.2) is 43.0 Å². The molecule has 0 saturated carbocycles. The Morgan fingerprint density at radius 1 is 0.400 bits per heavy atom. The predicted octanol–water partition coefficient (Wildman–Crippen LogP) is 18.1. The van der Waals surface area contributed by atoms with Gasteiger partial charge in [-0.1, -0.05) is 203 Å². The zero-order chi connectivity index (χ0) is 66.9. The molecule has 0 saturated heterocycles. The molecule has 496 valence electrons. The summed E-state index contributed by atoms with van der Waals surface area (Å²) in [4.78, 5) is 70.0. The maximum absolute atomic E-state index is 12.7. The first-order valence-electron chi connectivity index (χ1n) is 31.7.